The van der Waals surface area contributed by atoms with Crippen molar-refractivity contribution in [1.29, 1.82) is 0 Å². The maximum atomic E-state index is 12.0. The second kappa shape index (κ2) is 6.64. The summed E-state index contributed by atoms with van der Waals surface area (Å²) >= 11 is 5.83. The number of carbonyl (C=O) groups excluding carboxylic acids is 1. The largest absolute Gasteiger partial charge is 0.465 e. The third kappa shape index (κ3) is 2.98. The summed E-state index contributed by atoms with van der Waals surface area (Å²) in [5.74, 6) is -0.519. The van der Waals surface area contributed by atoms with Crippen molar-refractivity contribution < 1.29 is 14.3 Å². The van der Waals surface area contributed by atoms with Crippen molar-refractivity contribution in [3.8, 4) is 11.3 Å². The summed E-state index contributed by atoms with van der Waals surface area (Å²) in [6, 6.07) is 4.98. The monoisotopic (exact) mass is 321 g/mol. The molecule has 6 nitrogen and oxygen atoms in total. The lowest BCUT2D eigenvalue weighted by atomic mass is 9.97. The van der Waals surface area contributed by atoms with Gasteiger partial charge in [-0.25, -0.2) is 4.79 Å². The summed E-state index contributed by atoms with van der Waals surface area (Å²) in [5, 5.41) is 0.500. The number of aromatic nitrogens is 1. The van der Waals surface area contributed by atoms with E-state index in [1.807, 2.05) is 0 Å². The van der Waals surface area contributed by atoms with Crippen LogP contribution in [-0.4, -0.2) is 25.2 Å². The molecule has 1 heterocycles. The molecule has 1 aromatic carbocycles. The molecule has 22 heavy (non-hydrogen) atoms. The molecule has 0 fully saturated rings. The Balaban J connectivity index is 2.68. The van der Waals surface area contributed by atoms with Crippen LogP contribution >= 0.6 is 11.6 Å². The predicted molar refractivity (Wildman–Crippen MR) is 85.6 cm³/mol. The van der Waals surface area contributed by atoms with Gasteiger partial charge in [-0.15, -0.1) is 0 Å². The Morgan fingerprint density at radius 1 is 1.27 bits per heavy atom. The number of methoxy groups -OCH3 is 2. The number of hydrogen-bond acceptors (Lipinski definition) is 6. The smallest absolute Gasteiger partial charge is 0.338 e. The maximum Gasteiger partial charge on any atom is 0.338 e. The summed E-state index contributed by atoms with van der Waals surface area (Å²) in [5.41, 5.74) is 14.6. The number of anilines is 2. The molecule has 0 aliphatic heterocycles. The third-order valence-electron chi connectivity index (χ3n) is 3.22. The van der Waals surface area contributed by atoms with Crippen LogP contribution in [0.1, 0.15) is 15.9 Å². The van der Waals surface area contributed by atoms with Crippen molar-refractivity contribution in [3.63, 3.8) is 0 Å². The number of carbonyl (C=O) groups is 1. The van der Waals surface area contributed by atoms with Gasteiger partial charge >= 0.3 is 5.97 Å². The highest BCUT2D eigenvalue weighted by Crippen LogP contribution is 2.35. The second-order valence-electron chi connectivity index (χ2n) is 4.56. The first-order chi connectivity index (χ1) is 10.5. The van der Waals surface area contributed by atoms with E-state index >= 15 is 0 Å². The summed E-state index contributed by atoms with van der Waals surface area (Å²) in [6.45, 7) is 0.148. The molecule has 7 heteroatoms. The normalized spacial score (nSPS) is 10.5. The van der Waals surface area contributed by atoms with Crippen LogP contribution in [0.3, 0.4) is 0 Å². The maximum absolute atomic E-state index is 12.0. The first-order valence-electron chi connectivity index (χ1n) is 6.39. The van der Waals surface area contributed by atoms with Gasteiger partial charge in [-0.2, -0.15) is 0 Å². The summed E-state index contributed by atoms with van der Waals surface area (Å²) in [6.07, 6.45) is 1.49. The number of rotatable bonds is 4. The van der Waals surface area contributed by atoms with E-state index < -0.39 is 5.97 Å². The molecule has 0 bridgehead atoms. The van der Waals surface area contributed by atoms with E-state index in [0.29, 0.717) is 33.1 Å². The number of hydrogen-bond donors (Lipinski definition) is 2. The van der Waals surface area contributed by atoms with Gasteiger partial charge in [0.2, 0.25) is 0 Å². The predicted octanol–water partition coefficient (Wildman–Crippen LogP) is 2.50. The molecule has 0 amide bonds. The lowest BCUT2D eigenvalue weighted by molar-refractivity contribution is 0.0596. The van der Waals surface area contributed by atoms with Gasteiger partial charge in [-0.05, 0) is 18.2 Å². The molecule has 0 aliphatic carbocycles. The number of nitrogen functional groups attached to an aromatic ring is 2. The Labute approximate surface area is 133 Å². The molecule has 0 atom stereocenters. The van der Waals surface area contributed by atoms with E-state index in [0.717, 1.165) is 0 Å². The fourth-order valence-electron chi connectivity index (χ4n) is 2.10. The minimum atomic E-state index is -0.519. The molecule has 2 rings (SSSR count). The van der Waals surface area contributed by atoms with Crippen molar-refractivity contribution >= 4 is 28.9 Å². The molecule has 2 aromatic rings. The van der Waals surface area contributed by atoms with E-state index in [9.17, 15) is 4.79 Å². The topological polar surface area (TPSA) is 100 Å². The van der Waals surface area contributed by atoms with E-state index in [2.05, 4.69) is 4.98 Å². The minimum Gasteiger partial charge on any atom is -0.465 e. The highest BCUT2D eigenvalue weighted by atomic mass is 35.5. The fraction of sp³-hybridized carbons (Fsp3) is 0.200. The molecular formula is C15H16ClN3O3. The van der Waals surface area contributed by atoms with Gasteiger partial charge in [0.15, 0.2) is 0 Å². The van der Waals surface area contributed by atoms with E-state index in [-0.39, 0.29) is 12.3 Å². The zero-order chi connectivity index (χ0) is 16.3. The number of benzene rings is 1. The van der Waals surface area contributed by atoms with Gasteiger partial charge in [0.25, 0.3) is 0 Å². The lowest BCUT2D eigenvalue weighted by Gasteiger charge is -2.16. The van der Waals surface area contributed by atoms with Crippen molar-refractivity contribution in [2.75, 3.05) is 25.7 Å². The average Bonchev–Trinajstić information content (AvgIpc) is 2.52. The molecule has 0 radical (unpaired) electrons. The van der Waals surface area contributed by atoms with Crippen molar-refractivity contribution in [3.05, 3.63) is 40.5 Å². The molecule has 0 saturated heterocycles. The Hall–Kier alpha value is -2.31. The second-order valence-corrected chi connectivity index (χ2v) is 5.00. The van der Waals surface area contributed by atoms with Crippen LogP contribution < -0.4 is 11.5 Å². The quantitative estimate of drug-likeness (QED) is 0.663. The first kappa shape index (κ1) is 16.1. The molecule has 1 aromatic heterocycles. The Bertz CT molecular complexity index is 702. The van der Waals surface area contributed by atoms with Gasteiger partial charge in [0, 0.05) is 24.4 Å². The summed E-state index contributed by atoms with van der Waals surface area (Å²) in [7, 11) is 2.80. The number of halogens is 1. The van der Waals surface area contributed by atoms with E-state index in [4.69, 9.17) is 32.5 Å². The van der Waals surface area contributed by atoms with Crippen LogP contribution in [-0.2, 0) is 16.1 Å². The third-order valence-corrected chi connectivity index (χ3v) is 3.44. The Morgan fingerprint density at radius 3 is 2.55 bits per heavy atom. The molecule has 116 valence electrons. The van der Waals surface area contributed by atoms with Crippen molar-refractivity contribution in [2.24, 2.45) is 0 Å². The number of nitrogens with two attached hydrogens (primary N) is 2. The van der Waals surface area contributed by atoms with Gasteiger partial charge in [-0.3, -0.25) is 4.98 Å². The number of nitrogens with zero attached hydrogens (tertiary/aromatic N) is 1. The Kier molecular flexibility index (Phi) is 4.85. The standard InChI is InChI=1S/C15H16ClN3O3/c1-21-7-11-9(15(20)22-2)5-10(13(17)14(11)18)12-4-3-8(16)6-19-12/h3-6H,7,17-18H2,1-2H3. The number of ether oxygens (including phenoxy) is 2. The van der Waals surface area contributed by atoms with Crippen LogP contribution in [0.4, 0.5) is 11.4 Å². The van der Waals surface area contributed by atoms with E-state index in [1.54, 1.807) is 18.2 Å². The molecule has 0 spiro atoms. The molecule has 0 aliphatic rings. The highest BCUT2D eigenvalue weighted by molar-refractivity contribution is 6.30. The van der Waals surface area contributed by atoms with Crippen LogP contribution in [0.2, 0.25) is 5.02 Å². The van der Waals surface area contributed by atoms with E-state index in [1.165, 1.54) is 20.4 Å². The molecule has 0 saturated carbocycles. The van der Waals surface area contributed by atoms with Gasteiger partial charge in [0.05, 0.1) is 41.4 Å². The molecule has 0 unspecified atom stereocenters. The minimum absolute atomic E-state index is 0.148. The fourth-order valence-corrected chi connectivity index (χ4v) is 2.21. The van der Waals surface area contributed by atoms with Crippen LogP contribution in [0.5, 0.6) is 0 Å². The highest BCUT2D eigenvalue weighted by Gasteiger charge is 2.20. The summed E-state index contributed by atoms with van der Waals surface area (Å²) in [4.78, 5) is 16.2. The van der Waals surface area contributed by atoms with Gasteiger partial charge < -0.3 is 20.9 Å². The lowest BCUT2D eigenvalue weighted by Crippen LogP contribution is -2.12. The van der Waals surface area contributed by atoms with Crippen molar-refractivity contribution in [2.45, 2.75) is 6.61 Å². The zero-order valence-electron chi connectivity index (χ0n) is 12.2. The van der Waals surface area contributed by atoms with Crippen LogP contribution in [0, 0.1) is 0 Å². The number of pyridine rings is 1. The first-order valence-corrected chi connectivity index (χ1v) is 6.77. The Morgan fingerprint density at radius 2 is 2.00 bits per heavy atom. The van der Waals surface area contributed by atoms with Crippen LogP contribution in [0.25, 0.3) is 11.3 Å². The van der Waals surface area contributed by atoms with Crippen molar-refractivity contribution in [1.82, 2.24) is 4.98 Å². The van der Waals surface area contributed by atoms with Crippen LogP contribution in [0.15, 0.2) is 24.4 Å². The average molecular weight is 322 g/mol. The zero-order valence-corrected chi connectivity index (χ0v) is 13.0. The molecule has 4 N–H and O–H groups in total. The number of esters is 1. The van der Waals surface area contributed by atoms with Gasteiger partial charge in [-0.1, -0.05) is 11.6 Å². The SMILES string of the molecule is COCc1c(C(=O)OC)cc(-c2ccc(Cl)cn2)c(N)c1N. The molecular weight excluding hydrogens is 306 g/mol. The van der Waals surface area contributed by atoms with Gasteiger partial charge in [0.1, 0.15) is 0 Å². The summed E-state index contributed by atoms with van der Waals surface area (Å²) < 4.78 is 9.88.